The molecule has 0 saturated heterocycles. The average molecular weight is 248 g/mol. The van der Waals surface area contributed by atoms with E-state index in [1.54, 1.807) is 26.1 Å². The summed E-state index contributed by atoms with van der Waals surface area (Å²) < 4.78 is 17.9. The monoisotopic (exact) mass is 248 g/mol. The molecule has 0 fully saturated rings. The minimum atomic E-state index is -0.425. The molecular formula is C13H13FN2O2. The van der Waals surface area contributed by atoms with Crippen LogP contribution in [0.25, 0.3) is 0 Å². The minimum Gasteiger partial charge on any atom is -0.361 e. The van der Waals surface area contributed by atoms with E-state index in [-0.39, 0.29) is 5.91 Å². The Kier molecular flexibility index (Phi) is 3.41. The topological polar surface area (TPSA) is 46.3 Å². The van der Waals surface area contributed by atoms with Crippen LogP contribution in [0.4, 0.5) is 4.39 Å². The number of hydrogen-bond donors (Lipinski definition) is 0. The van der Waals surface area contributed by atoms with Gasteiger partial charge < -0.3 is 9.42 Å². The highest BCUT2D eigenvalue weighted by Crippen LogP contribution is 2.10. The van der Waals surface area contributed by atoms with E-state index < -0.39 is 5.82 Å². The first kappa shape index (κ1) is 12.3. The number of carbonyl (C=O) groups is 1. The summed E-state index contributed by atoms with van der Waals surface area (Å²) in [6.45, 7) is 2.11. The molecule has 0 atom stereocenters. The van der Waals surface area contributed by atoms with Crippen LogP contribution in [0.5, 0.6) is 0 Å². The van der Waals surface area contributed by atoms with Crippen molar-refractivity contribution in [1.29, 1.82) is 0 Å². The Morgan fingerprint density at radius 1 is 1.44 bits per heavy atom. The van der Waals surface area contributed by atoms with Crippen molar-refractivity contribution in [3.8, 4) is 0 Å². The fourth-order valence-corrected chi connectivity index (χ4v) is 1.65. The second kappa shape index (κ2) is 5.00. The number of hydrogen-bond acceptors (Lipinski definition) is 3. The molecule has 1 aromatic carbocycles. The van der Waals surface area contributed by atoms with Crippen LogP contribution in [0, 0.1) is 12.7 Å². The number of halogens is 1. The summed E-state index contributed by atoms with van der Waals surface area (Å²) in [6, 6.07) is 7.37. The van der Waals surface area contributed by atoms with Gasteiger partial charge in [-0.2, -0.15) is 0 Å². The molecule has 0 aliphatic carbocycles. The van der Waals surface area contributed by atoms with Gasteiger partial charge in [-0.15, -0.1) is 0 Å². The summed E-state index contributed by atoms with van der Waals surface area (Å²) in [7, 11) is 1.64. The van der Waals surface area contributed by atoms with Gasteiger partial charge >= 0.3 is 0 Å². The Morgan fingerprint density at radius 3 is 2.83 bits per heavy atom. The lowest BCUT2D eigenvalue weighted by molar-refractivity contribution is 0.0781. The van der Waals surface area contributed by atoms with Crippen LogP contribution < -0.4 is 0 Å². The van der Waals surface area contributed by atoms with Crippen molar-refractivity contribution in [2.75, 3.05) is 7.05 Å². The van der Waals surface area contributed by atoms with Crippen LogP contribution in [0.2, 0.25) is 0 Å². The van der Waals surface area contributed by atoms with Gasteiger partial charge in [-0.1, -0.05) is 11.2 Å². The summed E-state index contributed by atoms with van der Waals surface area (Å²) in [5, 5.41) is 3.81. The average Bonchev–Trinajstić information content (AvgIpc) is 2.73. The number of amides is 1. The molecule has 0 radical (unpaired) electrons. The number of aryl methyl sites for hydroxylation is 1. The zero-order chi connectivity index (χ0) is 13.1. The Morgan fingerprint density at radius 2 is 2.22 bits per heavy atom. The molecule has 1 aromatic heterocycles. The van der Waals surface area contributed by atoms with Gasteiger partial charge in [0, 0.05) is 18.7 Å². The summed E-state index contributed by atoms with van der Waals surface area (Å²) in [5.41, 5.74) is 0.984. The van der Waals surface area contributed by atoms with Crippen LogP contribution in [-0.2, 0) is 6.54 Å². The molecule has 2 rings (SSSR count). The number of rotatable bonds is 3. The third-order valence-corrected chi connectivity index (χ3v) is 2.49. The molecule has 0 bridgehead atoms. The number of nitrogens with zero attached hydrogens (tertiary/aromatic N) is 2. The van der Waals surface area contributed by atoms with E-state index in [0.717, 1.165) is 0 Å². The molecule has 2 aromatic rings. The molecule has 94 valence electrons. The van der Waals surface area contributed by atoms with Crippen LogP contribution in [-0.4, -0.2) is 23.0 Å². The molecule has 0 saturated carbocycles. The van der Waals surface area contributed by atoms with Crippen LogP contribution >= 0.6 is 0 Å². The molecule has 0 N–H and O–H groups in total. The van der Waals surface area contributed by atoms with Crippen molar-refractivity contribution in [2.45, 2.75) is 13.5 Å². The van der Waals surface area contributed by atoms with Crippen molar-refractivity contribution in [1.82, 2.24) is 10.1 Å². The van der Waals surface area contributed by atoms with Gasteiger partial charge in [-0.25, -0.2) is 4.39 Å². The van der Waals surface area contributed by atoms with Gasteiger partial charge in [0.15, 0.2) is 0 Å². The highest BCUT2D eigenvalue weighted by Gasteiger charge is 2.14. The van der Waals surface area contributed by atoms with E-state index in [2.05, 4.69) is 5.16 Å². The smallest absolute Gasteiger partial charge is 0.254 e. The van der Waals surface area contributed by atoms with Crippen molar-refractivity contribution in [2.24, 2.45) is 0 Å². The van der Waals surface area contributed by atoms with E-state index in [1.165, 1.54) is 23.1 Å². The maximum Gasteiger partial charge on any atom is 0.254 e. The molecular weight excluding hydrogens is 235 g/mol. The molecule has 0 spiro atoms. The number of benzene rings is 1. The second-order valence-electron chi connectivity index (χ2n) is 4.10. The molecule has 1 heterocycles. The van der Waals surface area contributed by atoms with Crippen molar-refractivity contribution in [3.05, 3.63) is 53.2 Å². The van der Waals surface area contributed by atoms with Crippen LogP contribution in [0.15, 0.2) is 34.9 Å². The summed E-state index contributed by atoms with van der Waals surface area (Å²) in [6.07, 6.45) is 0. The number of carbonyl (C=O) groups excluding carboxylic acids is 1. The molecule has 4 nitrogen and oxygen atoms in total. The lowest BCUT2D eigenvalue weighted by Gasteiger charge is -2.15. The lowest BCUT2D eigenvalue weighted by Crippen LogP contribution is -2.26. The standard InChI is InChI=1S/C13H13FN2O2/c1-9-6-12(15-18-9)8-16(2)13(17)10-4-3-5-11(14)7-10/h3-7H,8H2,1-2H3. The minimum absolute atomic E-state index is 0.254. The van der Waals surface area contributed by atoms with Crippen LogP contribution in [0.3, 0.4) is 0 Å². The Bertz CT molecular complexity index is 566. The third-order valence-electron chi connectivity index (χ3n) is 2.49. The summed E-state index contributed by atoms with van der Waals surface area (Å²) >= 11 is 0. The maximum absolute atomic E-state index is 13.0. The van der Waals surface area contributed by atoms with Crippen LogP contribution in [0.1, 0.15) is 21.8 Å². The van der Waals surface area contributed by atoms with Gasteiger partial charge in [-0.3, -0.25) is 4.79 Å². The first-order chi connectivity index (χ1) is 8.56. The van der Waals surface area contributed by atoms with Gasteiger partial charge in [0.1, 0.15) is 17.3 Å². The predicted octanol–water partition coefficient (Wildman–Crippen LogP) is 2.39. The van der Waals surface area contributed by atoms with Crippen molar-refractivity contribution < 1.29 is 13.7 Å². The maximum atomic E-state index is 13.0. The SMILES string of the molecule is Cc1cc(CN(C)C(=O)c2cccc(F)c2)no1. The van der Waals surface area contributed by atoms with E-state index in [0.29, 0.717) is 23.6 Å². The molecule has 5 heteroatoms. The molecule has 18 heavy (non-hydrogen) atoms. The van der Waals surface area contributed by atoms with Gasteiger partial charge in [0.2, 0.25) is 0 Å². The Hall–Kier alpha value is -2.17. The predicted molar refractivity (Wildman–Crippen MR) is 63.4 cm³/mol. The second-order valence-corrected chi connectivity index (χ2v) is 4.10. The highest BCUT2D eigenvalue weighted by molar-refractivity contribution is 5.93. The zero-order valence-electron chi connectivity index (χ0n) is 10.2. The summed E-state index contributed by atoms with van der Waals surface area (Å²) in [4.78, 5) is 13.5. The number of aromatic nitrogens is 1. The Balaban J connectivity index is 2.09. The first-order valence-corrected chi connectivity index (χ1v) is 5.49. The normalized spacial score (nSPS) is 10.4. The van der Waals surface area contributed by atoms with E-state index in [4.69, 9.17) is 4.52 Å². The molecule has 0 aliphatic heterocycles. The molecule has 1 amide bonds. The summed E-state index contributed by atoms with van der Waals surface area (Å²) in [5.74, 6) is 0.0123. The van der Waals surface area contributed by atoms with Gasteiger partial charge in [0.25, 0.3) is 5.91 Å². The van der Waals surface area contributed by atoms with E-state index >= 15 is 0 Å². The molecule has 0 unspecified atom stereocenters. The third kappa shape index (κ3) is 2.74. The van der Waals surface area contributed by atoms with Gasteiger partial charge in [-0.05, 0) is 25.1 Å². The fourth-order valence-electron chi connectivity index (χ4n) is 1.65. The van der Waals surface area contributed by atoms with E-state index in [9.17, 15) is 9.18 Å². The highest BCUT2D eigenvalue weighted by atomic mass is 19.1. The Labute approximate surface area is 104 Å². The largest absolute Gasteiger partial charge is 0.361 e. The van der Waals surface area contributed by atoms with Crippen molar-refractivity contribution >= 4 is 5.91 Å². The van der Waals surface area contributed by atoms with E-state index in [1.807, 2.05) is 0 Å². The first-order valence-electron chi connectivity index (χ1n) is 5.49. The van der Waals surface area contributed by atoms with Crippen molar-refractivity contribution in [3.63, 3.8) is 0 Å². The quantitative estimate of drug-likeness (QED) is 0.837. The fraction of sp³-hybridized carbons (Fsp3) is 0.231. The zero-order valence-corrected chi connectivity index (χ0v) is 10.2. The molecule has 0 aliphatic rings. The lowest BCUT2D eigenvalue weighted by atomic mass is 10.2. The van der Waals surface area contributed by atoms with Gasteiger partial charge in [0.05, 0.1) is 6.54 Å².